The van der Waals surface area contributed by atoms with Crippen LogP contribution in [0.3, 0.4) is 0 Å². The van der Waals surface area contributed by atoms with Crippen LogP contribution in [-0.2, 0) is 4.74 Å². The Kier molecular flexibility index (Phi) is 4.62. The molecule has 0 aromatic rings. The number of hydrogen-bond acceptors (Lipinski definition) is 3. The molecule has 3 nitrogen and oxygen atoms in total. The molecule has 0 radical (unpaired) electrons. The van der Waals surface area contributed by atoms with E-state index in [1.165, 1.54) is 32.5 Å². The molecule has 2 rings (SSSR count). The maximum absolute atomic E-state index is 5.41. The van der Waals surface area contributed by atoms with Crippen molar-refractivity contribution < 1.29 is 4.74 Å². The Labute approximate surface area is 99.7 Å². The lowest BCUT2D eigenvalue weighted by molar-refractivity contribution is 0.0000793. The van der Waals surface area contributed by atoms with E-state index in [2.05, 4.69) is 23.6 Å². The SMILES string of the molecule is CC(C)CN1CCC(N2CCOCC2)CC1. The van der Waals surface area contributed by atoms with Crippen LogP contribution in [-0.4, -0.2) is 61.8 Å². The molecular formula is C13H26N2O. The van der Waals surface area contributed by atoms with Crippen molar-refractivity contribution in [3.63, 3.8) is 0 Å². The Balaban J connectivity index is 1.71. The summed E-state index contributed by atoms with van der Waals surface area (Å²) in [6.07, 6.45) is 2.71. The van der Waals surface area contributed by atoms with E-state index in [9.17, 15) is 0 Å². The van der Waals surface area contributed by atoms with E-state index in [1.807, 2.05) is 0 Å². The van der Waals surface area contributed by atoms with Crippen LogP contribution in [0.1, 0.15) is 26.7 Å². The van der Waals surface area contributed by atoms with Gasteiger partial charge in [0, 0.05) is 25.7 Å². The van der Waals surface area contributed by atoms with E-state index >= 15 is 0 Å². The van der Waals surface area contributed by atoms with Gasteiger partial charge in [-0.05, 0) is 31.8 Å². The molecule has 2 aliphatic rings. The molecule has 0 aromatic carbocycles. The lowest BCUT2D eigenvalue weighted by Gasteiger charge is -2.40. The normalized spacial score (nSPS) is 26.4. The summed E-state index contributed by atoms with van der Waals surface area (Å²) in [6.45, 7) is 12.7. The van der Waals surface area contributed by atoms with E-state index in [0.29, 0.717) is 0 Å². The van der Waals surface area contributed by atoms with Crippen LogP contribution < -0.4 is 0 Å². The average molecular weight is 226 g/mol. The van der Waals surface area contributed by atoms with Crippen LogP contribution in [0.15, 0.2) is 0 Å². The molecule has 0 atom stereocenters. The molecule has 0 aromatic heterocycles. The van der Waals surface area contributed by atoms with Crippen molar-refractivity contribution >= 4 is 0 Å². The molecule has 94 valence electrons. The molecule has 0 amide bonds. The van der Waals surface area contributed by atoms with Gasteiger partial charge in [0.25, 0.3) is 0 Å². The van der Waals surface area contributed by atoms with Gasteiger partial charge in [-0.1, -0.05) is 13.8 Å². The molecule has 3 heteroatoms. The standard InChI is InChI=1S/C13H26N2O/c1-12(2)11-14-5-3-13(4-6-14)15-7-9-16-10-8-15/h12-13H,3-11H2,1-2H3. The Morgan fingerprint density at radius 3 is 2.25 bits per heavy atom. The van der Waals surface area contributed by atoms with Gasteiger partial charge in [-0.3, -0.25) is 4.90 Å². The third-order valence-electron chi connectivity index (χ3n) is 3.74. The van der Waals surface area contributed by atoms with E-state index in [-0.39, 0.29) is 0 Å². The van der Waals surface area contributed by atoms with Gasteiger partial charge in [0.05, 0.1) is 13.2 Å². The zero-order valence-corrected chi connectivity index (χ0v) is 10.8. The van der Waals surface area contributed by atoms with Crippen molar-refractivity contribution in [2.45, 2.75) is 32.7 Å². The average Bonchev–Trinajstić information content (AvgIpc) is 2.30. The first kappa shape index (κ1) is 12.3. The molecule has 2 heterocycles. The van der Waals surface area contributed by atoms with E-state index in [1.54, 1.807) is 0 Å². The summed E-state index contributed by atoms with van der Waals surface area (Å²) >= 11 is 0. The number of hydrogen-bond donors (Lipinski definition) is 0. The molecule has 2 fully saturated rings. The number of morpholine rings is 1. The number of nitrogens with zero attached hydrogens (tertiary/aromatic N) is 2. The van der Waals surface area contributed by atoms with Gasteiger partial charge in [0.1, 0.15) is 0 Å². The molecule has 2 saturated heterocycles. The minimum absolute atomic E-state index is 0.805. The molecule has 0 bridgehead atoms. The molecule has 0 N–H and O–H groups in total. The smallest absolute Gasteiger partial charge is 0.0594 e. The zero-order chi connectivity index (χ0) is 11.4. The van der Waals surface area contributed by atoms with Crippen LogP contribution in [0.5, 0.6) is 0 Å². The highest BCUT2D eigenvalue weighted by Gasteiger charge is 2.25. The van der Waals surface area contributed by atoms with Gasteiger partial charge in [0.15, 0.2) is 0 Å². The first-order valence-electron chi connectivity index (χ1n) is 6.80. The highest BCUT2D eigenvalue weighted by atomic mass is 16.5. The Hall–Kier alpha value is -0.120. The highest BCUT2D eigenvalue weighted by molar-refractivity contribution is 4.81. The van der Waals surface area contributed by atoms with Gasteiger partial charge < -0.3 is 9.64 Å². The summed E-state index contributed by atoms with van der Waals surface area (Å²) in [5.41, 5.74) is 0. The number of likely N-dealkylation sites (tertiary alicyclic amines) is 1. The molecule has 0 unspecified atom stereocenters. The quantitative estimate of drug-likeness (QED) is 0.724. The summed E-state index contributed by atoms with van der Waals surface area (Å²) in [5.74, 6) is 0.805. The van der Waals surface area contributed by atoms with E-state index < -0.39 is 0 Å². The predicted molar refractivity (Wildman–Crippen MR) is 66.7 cm³/mol. The van der Waals surface area contributed by atoms with Crippen LogP contribution >= 0.6 is 0 Å². The van der Waals surface area contributed by atoms with Crippen LogP contribution in [0, 0.1) is 5.92 Å². The van der Waals surface area contributed by atoms with Crippen molar-refractivity contribution in [2.24, 2.45) is 5.92 Å². The number of ether oxygens (including phenoxy) is 1. The minimum atomic E-state index is 0.805. The largest absolute Gasteiger partial charge is 0.379 e. The number of rotatable bonds is 3. The lowest BCUT2D eigenvalue weighted by atomic mass is 10.0. The highest BCUT2D eigenvalue weighted by Crippen LogP contribution is 2.18. The van der Waals surface area contributed by atoms with Crippen LogP contribution in [0.2, 0.25) is 0 Å². The van der Waals surface area contributed by atoms with E-state index in [4.69, 9.17) is 4.74 Å². The van der Waals surface area contributed by atoms with Gasteiger partial charge in [-0.2, -0.15) is 0 Å². The third-order valence-corrected chi connectivity index (χ3v) is 3.74. The molecular weight excluding hydrogens is 200 g/mol. The summed E-state index contributed by atoms with van der Waals surface area (Å²) < 4.78 is 5.41. The second-order valence-electron chi connectivity index (χ2n) is 5.57. The molecule has 0 saturated carbocycles. The third kappa shape index (κ3) is 3.44. The fourth-order valence-electron chi connectivity index (χ4n) is 2.93. The fourth-order valence-corrected chi connectivity index (χ4v) is 2.93. The zero-order valence-electron chi connectivity index (χ0n) is 10.8. The second-order valence-corrected chi connectivity index (χ2v) is 5.57. The van der Waals surface area contributed by atoms with Crippen LogP contribution in [0.25, 0.3) is 0 Å². The molecule has 0 aliphatic carbocycles. The Morgan fingerprint density at radius 2 is 1.69 bits per heavy atom. The molecule has 16 heavy (non-hydrogen) atoms. The van der Waals surface area contributed by atoms with Gasteiger partial charge >= 0.3 is 0 Å². The van der Waals surface area contributed by atoms with E-state index in [0.717, 1.165) is 38.3 Å². The lowest BCUT2D eigenvalue weighted by Crippen LogP contribution is -2.49. The summed E-state index contributed by atoms with van der Waals surface area (Å²) in [7, 11) is 0. The number of piperidine rings is 1. The second kappa shape index (κ2) is 5.99. The predicted octanol–water partition coefficient (Wildman–Crippen LogP) is 1.44. The van der Waals surface area contributed by atoms with Crippen molar-refractivity contribution in [2.75, 3.05) is 45.9 Å². The van der Waals surface area contributed by atoms with Gasteiger partial charge in [-0.25, -0.2) is 0 Å². The summed E-state index contributed by atoms with van der Waals surface area (Å²) in [6, 6.07) is 0.826. The Bertz CT molecular complexity index is 194. The van der Waals surface area contributed by atoms with Crippen LogP contribution in [0.4, 0.5) is 0 Å². The maximum Gasteiger partial charge on any atom is 0.0594 e. The first-order chi connectivity index (χ1) is 7.75. The summed E-state index contributed by atoms with van der Waals surface area (Å²) in [5, 5.41) is 0. The first-order valence-corrected chi connectivity index (χ1v) is 6.80. The van der Waals surface area contributed by atoms with Crippen molar-refractivity contribution in [3.05, 3.63) is 0 Å². The monoisotopic (exact) mass is 226 g/mol. The topological polar surface area (TPSA) is 15.7 Å². The Morgan fingerprint density at radius 1 is 1.06 bits per heavy atom. The van der Waals surface area contributed by atoms with Crippen molar-refractivity contribution in [1.82, 2.24) is 9.80 Å². The molecule has 0 spiro atoms. The summed E-state index contributed by atoms with van der Waals surface area (Å²) in [4.78, 5) is 5.26. The van der Waals surface area contributed by atoms with Crippen molar-refractivity contribution in [3.8, 4) is 0 Å². The fraction of sp³-hybridized carbons (Fsp3) is 1.00. The maximum atomic E-state index is 5.41. The van der Waals surface area contributed by atoms with Gasteiger partial charge in [0.2, 0.25) is 0 Å². The van der Waals surface area contributed by atoms with Crippen molar-refractivity contribution in [1.29, 1.82) is 0 Å². The minimum Gasteiger partial charge on any atom is -0.379 e. The molecule has 2 aliphatic heterocycles. The van der Waals surface area contributed by atoms with Gasteiger partial charge in [-0.15, -0.1) is 0 Å².